The molecule has 0 spiro atoms. The number of halogens is 6. The molecule has 7 atom stereocenters. The second kappa shape index (κ2) is 24.4. The summed E-state index contributed by atoms with van der Waals surface area (Å²) >= 11 is 6.68. The van der Waals surface area contributed by atoms with E-state index in [9.17, 15) is 9.50 Å². The lowest BCUT2D eigenvalue weighted by atomic mass is 9.91. The number of benzene rings is 4. The van der Waals surface area contributed by atoms with Crippen LogP contribution in [0.3, 0.4) is 0 Å². The van der Waals surface area contributed by atoms with Crippen LogP contribution in [0.1, 0.15) is 87.2 Å². The summed E-state index contributed by atoms with van der Waals surface area (Å²) in [4.78, 5) is 18.2. The molecule has 438 valence electrons. The number of hydrogen-bond acceptors (Lipinski definition) is 15. The van der Waals surface area contributed by atoms with Crippen LogP contribution in [0, 0.1) is 17.6 Å². The number of alkyl halides is 3. The Balaban J connectivity index is 0.883. The molecule has 0 saturated carbocycles. The number of pyridine rings is 1. The fraction of sp³-hybridized carbons (Fsp3) is 0.433. The van der Waals surface area contributed by atoms with E-state index in [1.165, 1.54) is 6.07 Å². The van der Waals surface area contributed by atoms with Crippen LogP contribution in [0.4, 0.5) is 33.5 Å². The Morgan fingerprint density at radius 3 is 2.41 bits per heavy atom. The molecule has 4 aliphatic heterocycles. The highest BCUT2D eigenvalue weighted by atomic mass is 35.5. The molecule has 0 radical (unpaired) electrons. The van der Waals surface area contributed by atoms with E-state index in [0.717, 1.165) is 49.7 Å². The highest BCUT2D eigenvalue weighted by Crippen LogP contribution is 2.52. The number of likely N-dealkylation sites (tertiary alicyclic amines) is 1. The van der Waals surface area contributed by atoms with Crippen molar-refractivity contribution in [2.45, 2.75) is 114 Å². The second-order valence-corrected chi connectivity index (χ2v) is 22.5. The Bertz CT molecular complexity index is 3460. The van der Waals surface area contributed by atoms with Crippen LogP contribution in [0.5, 0.6) is 11.8 Å². The summed E-state index contributed by atoms with van der Waals surface area (Å²) in [5, 5.41) is 32.5. The molecule has 4 saturated heterocycles. The van der Waals surface area contributed by atoms with Crippen LogP contribution in [0.15, 0.2) is 85.2 Å². The number of nitrogens with zero attached hydrogens (tertiary/aromatic N) is 8. The summed E-state index contributed by atoms with van der Waals surface area (Å²) < 4.78 is 105. The number of aromatic nitrogens is 6. The average Bonchev–Trinajstić information content (AvgIpc) is 3.98. The van der Waals surface area contributed by atoms with Crippen molar-refractivity contribution in [1.29, 1.82) is 0 Å². The first-order valence-corrected chi connectivity index (χ1v) is 28.4. The molecule has 7 heterocycles. The number of aliphatic hydroxyl groups is 1. The topological polar surface area (TPSA) is 209 Å². The summed E-state index contributed by atoms with van der Waals surface area (Å²) in [5.74, 6) is -1.53. The highest BCUT2D eigenvalue weighted by molar-refractivity contribution is 6.35. The normalized spacial score (nSPS) is 20.1. The highest BCUT2D eigenvalue weighted by Gasteiger charge is 2.44. The van der Waals surface area contributed by atoms with Gasteiger partial charge in [0.2, 0.25) is 0 Å². The zero-order valence-corrected chi connectivity index (χ0v) is 47.2. The maximum absolute atomic E-state index is 15.9. The number of fused-ring (bicyclic) bond motifs is 3. The molecule has 23 heteroatoms. The Hall–Kier alpha value is -6.92. The SMILES string of the molecule is COC([C@H](C(C)C)n1cc(-c2ccc(COc3c(-c4c(Cl)c(F)cc(N)c4C=[NH2+])c(C(F)(F)F)cc4c(N5C[C@@H]6C[C@H]5CN6)nc(OC5CCOCC5)nc34)cc2)nn1)N1CCC[C@H]1C(C)NC(CO)c1ccc(-c2ncccc2F)cc1. The first-order chi connectivity index (χ1) is 40.0. The summed E-state index contributed by atoms with van der Waals surface area (Å²) in [6.45, 7) is 8.64. The molecule has 7 aromatic rings. The Morgan fingerprint density at radius 1 is 0.988 bits per heavy atom. The predicted octanol–water partition coefficient (Wildman–Crippen LogP) is 8.36. The number of hydrogen-bond donors (Lipinski definition) is 5. The molecular weight excluding hydrogens is 1100 g/mol. The van der Waals surface area contributed by atoms with Crippen LogP contribution < -0.4 is 36.2 Å². The number of nitrogen functional groups attached to an aromatic ring is 1. The molecule has 4 fully saturated rings. The van der Waals surface area contributed by atoms with Crippen molar-refractivity contribution < 1.29 is 51.4 Å². The molecule has 17 nitrogen and oxygen atoms in total. The van der Waals surface area contributed by atoms with E-state index in [2.05, 4.69) is 51.6 Å². The smallest absolute Gasteiger partial charge is 0.417 e. The van der Waals surface area contributed by atoms with Gasteiger partial charge in [-0.2, -0.15) is 23.1 Å². The van der Waals surface area contributed by atoms with Crippen molar-refractivity contribution in [1.82, 2.24) is 45.5 Å². The van der Waals surface area contributed by atoms with Crippen molar-refractivity contribution in [2.24, 2.45) is 5.92 Å². The number of ether oxygens (including phenoxy) is 4. The molecule has 0 amide bonds. The Labute approximate surface area is 482 Å². The largest absolute Gasteiger partial charge is 0.486 e. The number of nitrogens with two attached hydrogens (primary N) is 2. The minimum Gasteiger partial charge on any atom is -0.486 e. The third-order valence-electron chi connectivity index (χ3n) is 16.6. The lowest BCUT2D eigenvalue weighted by molar-refractivity contribution is -0.137. The third kappa shape index (κ3) is 11.7. The number of piperazine rings is 1. The zero-order valence-electron chi connectivity index (χ0n) is 46.4. The van der Waals surface area contributed by atoms with Gasteiger partial charge >= 0.3 is 12.2 Å². The van der Waals surface area contributed by atoms with Crippen molar-refractivity contribution in [3.63, 3.8) is 0 Å². The molecule has 3 aromatic heterocycles. The first-order valence-electron chi connectivity index (χ1n) is 28.1. The van der Waals surface area contributed by atoms with Gasteiger partial charge in [0.05, 0.1) is 54.3 Å². The van der Waals surface area contributed by atoms with Crippen LogP contribution in [-0.2, 0) is 22.3 Å². The van der Waals surface area contributed by atoms with Gasteiger partial charge in [-0.1, -0.05) is 79.2 Å². The fourth-order valence-electron chi connectivity index (χ4n) is 12.5. The van der Waals surface area contributed by atoms with Gasteiger partial charge in [-0.15, -0.1) is 5.10 Å². The second-order valence-electron chi connectivity index (χ2n) is 22.2. The molecular formula is C60H67ClF5N12O5+. The Kier molecular flexibility index (Phi) is 17.0. The monoisotopic (exact) mass is 1170 g/mol. The molecule has 3 unspecified atom stereocenters. The van der Waals surface area contributed by atoms with Gasteiger partial charge in [0, 0.05) is 103 Å². The number of anilines is 2. The van der Waals surface area contributed by atoms with E-state index in [0.29, 0.717) is 61.5 Å². The molecule has 11 rings (SSSR count). The third-order valence-corrected chi connectivity index (χ3v) is 17.0. The molecule has 83 heavy (non-hydrogen) atoms. The van der Waals surface area contributed by atoms with Crippen molar-refractivity contribution >= 4 is 40.2 Å². The predicted molar refractivity (Wildman–Crippen MR) is 305 cm³/mol. The van der Waals surface area contributed by atoms with E-state index in [4.69, 9.17) is 51.7 Å². The van der Waals surface area contributed by atoms with Gasteiger partial charge < -0.3 is 45.3 Å². The van der Waals surface area contributed by atoms with Gasteiger partial charge in [0.1, 0.15) is 53.3 Å². The lowest BCUT2D eigenvalue weighted by Gasteiger charge is -2.41. The van der Waals surface area contributed by atoms with Crippen LogP contribution in [0.25, 0.3) is 44.5 Å². The van der Waals surface area contributed by atoms with E-state index in [-0.39, 0.29) is 107 Å². The van der Waals surface area contributed by atoms with Gasteiger partial charge in [-0.05, 0) is 67.5 Å². The van der Waals surface area contributed by atoms with Gasteiger partial charge in [-0.3, -0.25) is 15.3 Å². The van der Waals surface area contributed by atoms with Crippen LogP contribution in [-0.4, -0.2) is 129 Å². The molecule has 4 aromatic carbocycles. The maximum atomic E-state index is 15.9. The standard InChI is InChI=1S/C60H66ClF5N12O5/c1-32(2)55(58(80-4)76-20-6-8-49(76)33(3)71-48(30-79)36-13-15-37(16-14-36)53-44(62)7-5-19-69-53)78-29-47(74-75-78)35-11-9-34(10-12-35)31-82-56-51(50-42(26-67)46(68)25-45(63)52(50)61)43(60(64,65)66)24-41-54(56)72-59(83-40-17-21-81-22-18-40)73-57(41)77-28-38-23-39(77)27-70-38/h5,7,9-16,19,24-26,29,32-33,38-40,48-49,55,58,67,70-71,79H,6,8,17-18,20-23,27-28,30-31,68H2,1-4H3/p+1/t33?,38-,39-,48?,49-,55-,58?/m0/s1. The zero-order chi connectivity index (χ0) is 58.3. The first kappa shape index (κ1) is 57.9. The summed E-state index contributed by atoms with van der Waals surface area (Å²) in [7, 11) is 1.69. The fourth-order valence-corrected chi connectivity index (χ4v) is 12.7. The number of aliphatic hydroxyl groups excluding tert-OH is 1. The van der Waals surface area contributed by atoms with Gasteiger partial charge in [0.25, 0.3) is 0 Å². The maximum Gasteiger partial charge on any atom is 0.417 e. The number of methoxy groups -OCH3 is 1. The molecule has 4 aliphatic rings. The van der Waals surface area contributed by atoms with Crippen molar-refractivity contribution in [3.05, 3.63) is 124 Å². The quantitative estimate of drug-likeness (QED) is 0.0276. The molecule has 2 bridgehead atoms. The van der Waals surface area contributed by atoms with Crippen molar-refractivity contribution in [3.8, 4) is 45.4 Å². The van der Waals surface area contributed by atoms with Crippen LogP contribution >= 0.6 is 11.6 Å². The van der Waals surface area contributed by atoms with E-state index in [1.807, 2.05) is 52.2 Å². The Morgan fingerprint density at radius 2 is 1.75 bits per heavy atom. The average molecular weight is 1170 g/mol. The van der Waals surface area contributed by atoms with Gasteiger partial charge in [-0.25, -0.2) is 13.5 Å². The number of rotatable bonds is 20. The minimum atomic E-state index is -5.05. The summed E-state index contributed by atoms with van der Waals surface area (Å²) in [6, 6.07) is 18.6. The van der Waals surface area contributed by atoms with E-state index < -0.39 is 45.8 Å². The lowest BCUT2D eigenvalue weighted by Crippen LogP contribution is -2.54. The van der Waals surface area contributed by atoms with E-state index >= 15 is 17.6 Å². The van der Waals surface area contributed by atoms with E-state index in [1.54, 1.807) is 31.5 Å². The van der Waals surface area contributed by atoms with Crippen LogP contribution in [0.2, 0.25) is 5.02 Å². The van der Waals surface area contributed by atoms with Crippen molar-refractivity contribution in [2.75, 3.05) is 57.2 Å². The molecule has 7 N–H and O–H groups in total. The summed E-state index contributed by atoms with van der Waals surface area (Å²) in [5.41, 5.74) is 7.29. The summed E-state index contributed by atoms with van der Waals surface area (Å²) in [6.07, 6.45) is 2.30. The van der Waals surface area contributed by atoms with Gasteiger partial charge in [0.15, 0.2) is 12.0 Å². The molecule has 0 aliphatic carbocycles. The number of nitrogens with one attached hydrogen (secondary N) is 2. The minimum absolute atomic E-state index is 0.0110.